The molecule has 0 spiro atoms. The Morgan fingerprint density at radius 3 is 2.58 bits per heavy atom. The summed E-state index contributed by atoms with van der Waals surface area (Å²) in [7, 11) is 1.60. The number of aromatic nitrogens is 2. The Kier molecular flexibility index (Phi) is 4.61. The van der Waals surface area contributed by atoms with Crippen molar-refractivity contribution in [2.24, 2.45) is 0 Å². The fourth-order valence-corrected chi connectivity index (χ4v) is 2.52. The number of hydrogen-bond donors (Lipinski definition) is 2. The van der Waals surface area contributed by atoms with Crippen LogP contribution in [-0.4, -0.2) is 23.2 Å². The minimum atomic E-state index is -0.0807. The van der Waals surface area contributed by atoms with E-state index in [2.05, 4.69) is 15.5 Å². The second kappa shape index (κ2) is 7.00. The maximum atomic E-state index is 12.2. The van der Waals surface area contributed by atoms with Crippen molar-refractivity contribution < 1.29 is 9.53 Å². The average molecular weight is 321 g/mol. The van der Waals surface area contributed by atoms with E-state index in [1.807, 2.05) is 61.5 Å². The summed E-state index contributed by atoms with van der Waals surface area (Å²) in [5.41, 5.74) is 4.52. The van der Waals surface area contributed by atoms with Gasteiger partial charge in [-0.05, 0) is 31.2 Å². The van der Waals surface area contributed by atoms with Gasteiger partial charge in [-0.15, -0.1) is 0 Å². The molecular weight excluding hydrogens is 302 g/mol. The van der Waals surface area contributed by atoms with Crippen molar-refractivity contribution in [3.8, 4) is 17.0 Å². The quantitative estimate of drug-likeness (QED) is 0.755. The minimum absolute atomic E-state index is 0.0807. The van der Waals surface area contributed by atoms with Gasteiger partial charge in [0, 0.05) is 22.5 Å². The monoisotopic (exact) mass is 321 g/mol. The van der Waals surface area contributed by atoms with Crippen molar-refractivity contribution in [1.29, 1.82) is 0 Å². The molecule has 1 aromatic heterocycles. The first kappa shape index (κ1) is 15.8. The molecule has 0 fully saturated rings. The van der Waals surface area contributed by atoms with Crippen LogP contribution in [0.4, 0.5) is 5.69 Å². The van der Waals surface area contributed by atoms with Gasteiger partial charge >= 0.3 is 0 Å². The lowest BCUT2D eigenvalue weighted by Gasteiger charge is -2.09. The van der Waals surface area contributed by atoms with Crippen LogP contribution >= 0.6 is 0 Å². The number of aryl methyl sites for hydroxylation is 1. The molecule has 3 aromatic rings. The van der Waals surface area contributed by atoms with Crippen LogP contribution in [-0.2, 0) is 11.2 Å². The molecule has 1 amide bonds. The molecule has 0 saturated carbocycles. The number of carbonyl (C=O) groups excluding carboxylic acids is 1. The summed E-state index contributed by atoms with van der Waals surface area (Å²) in [4.78, 5) is 12.2. The third kappa shape index (κ3) is 3.63. The molecule has 0 unspecified atom stereocenters. The maximum Gasteiger partial charge on any atom is 0.228 e. The standard InChI is InChI=1S/C19H19N3O2/c1-13-11-17(22-21-13)14-7-9-16(10-8-14)20-19(23)12-15-5-3-4-6-18(15)24-2/h3-11H,12H2,1-2H3,(H,20,23)(H,21,22). The zero-order valence-corrected chi connectivity index (χ0v) is 13.7. The molecule has 2 N–H and O–H groups in total. The number of H-pyrrole nitrogens is 1. The number of anilines is 1. The first-order chi connectivity index (χ1) is 11.7. The van der Waals surface area contributed by atoms with Gasteiger partial charge in [0.25, 0.3) is 0 Å². The molecule has 0 radical (unpaired) electrons. The van der Waals surface area contributed by atoms with E-state index in [4.69, 9.17) is 4.74 Å². The van der Waals surface area contributed by atoms with Gasteiger partial charge in [-0.2, -0.15) is 5.10 Å². The summed E-state index contributed by atoms with van der Waals surface area (Å²) in [6.07, 6.45) is 0.268. The summed E-state index contributed by atoms with van der Waals surface area (Å²) in [5.74, 6) is 0.639. The highest BCUT2D eigenvalue weighted by Crippen LogP contribution is 2.21. The Labute approximate surface area is 140 Å². The molecule has 0 aliphatic heterocycles. The zero-order chi connectivity index (χ0) is 16.9. The summed E-state index contributed by atoms with van der Waals surface area (Å²) in [6.45, 7) is 1.96. The van der Waals surface area contributed by atoms with Gasteiger partial charge in [-0.1, -0.05) is 30.3 Å². The number of para-hydroxylation sites is 1. The van der Waals surface area contributed by atoms with Crippen molar-refractivity contribution in [2.75, 3.05) is 12.4 Å². The lowest BCUT2D eigenvalue weighted by molar-refractivity contribution is -0.115. The van der Waals surface area contributed by atoms with E-state index in [0.29, 0.717) is 0 Å². The number of rotatable bonds is 5. The smallest absolute Gasteiger partial charge is 0.228 e. The molecule has 0 aliphatic rings. The van der Waals surface area contributed by atoms with Gasteiger partial charge in [-0.3, -0.25) is 9.89 Å². The summed E-state index contributed by atoms with van der Waals surface area (Å²) in [6, 6.07) is 17.1. The predicted octanol–water partition coefficient (Wildman–Crippen LogP) is 3.57. The number of amides is 1. The van der Waals surface area contributed by atoms with Gasteiger partial charge < -0.3 is 10.1 Å². The summed E-state index contributed by atoms with van der Waals surface area (Å²) in [5, 5.41) is 10.0. The zero-order valence-electron chi connectivity index (χ0n) is 13.7. The predicted molar refractivity (Wildman–Crippen MR) is 94.1 cm³/mol. The summed E-state index contributed by atoms with van der Waals surface area (Å²) < 4.78 is 5.27. The average Bonchev–Trinajstić information content (AvgIpc) is 3.02. The van der Waals surface area contributed by atoms with Crippen LogP contribution in [0.5, 0.6) is 5.75 Å². The highest BCUT2D eigenvalue weighted by molar-refractivity contribution is 5.92. The number of hydrogen-bond acceptors (Lipinski definition) is 3. The third-order valence-electron chi connectivity index (χ3n) is 3.71. The highest BCUT2D eigenvalue weighted by atomic mass is 16.5. The van der Waals surface area contributed by atoms with Crippen LogP contribution in [0.15, 0.2) is 54.6 Å². The number of benzene rings is 2. The van der Waals surface area contributed by atoms with E-state index >= 15 is 0 Å². The molecule has 0 atom stereocenters. The molecule has 2 aromatic carbocycles. The Balaban J connectivity index is 1.66. The van der Waals surface area contributed by atoms with Gasteiger partial charge in [-0.25, -0.2) is 0 Å². The van der Waals surface area contributed by atoms with Crippen molar-refractivity contribution in [3.63, 3.8) is 0 Å². The second-order valence-electron chi connectivity index (χ2n) is 5.55. The number of nitrogens with one attached hydrogen (secondary N) is 2. The number of aromatic amines is 1. The van der Waals surface area contributed by atoms with Gasteiger partial charge in [0.05, 0.1) is 19.2 Å². The number of methoxy groups -OCH3 is 1. The Morgan fingerprint density at radius 1 is 1.17 bits per heavy atom. The van der Waals surface area contributed by atoms with E-state index < -0.39 is 0 Å². The molecule has 0 aliphatic carbocycles. The molecule has 3 rings (SSSR count). The SMILES string of the molecule is COc1ccccc1CC(=O)Nc1ccc(-c2cc(C)[nH]n2)cc1. The fourth-order valence-electron chi connectivity index (χ4n) is 2.52. The van der Waals surface area contributed by atoms with E-state index in [9.17, 15) is 4.79 Å². The Hall–Kier alpha value is -3.08. The highest BCUT2D eigenvalue weighted by Gasteiger charge is 2.09. The van der Waals surface area contributed by atoms with Gasteiger partial charge in [0.1, 0.15) is 5.75 Å². The molecule has 0 saturated heterocycles. The Bertz CT molecular complexity index is 838. The number of carbonyl (C=O) groups is 1. The van der Waals surface area contributed by atoms with E-state index in [1.54, 1.807) is 7.11 Å². The van der Waals surface area contributed by atoms with Crippen LogP contribution in [0.3, 0.4) is 0 Å². The van der Waals surface area contributed by atoms with Gasteiger partial charge in [0.2, 0.25) is 5.91 Å². The maximum absolute atomic E-state index is 12.2. The van der Waals surface area contributed by atoms with Crippen LogP contribution in [0.1, 0.15) is 11.3 Å². The normalized spacial score (nSPS) is 10.4. The third-order valence-corrected chi connectivity index (χ3v) is 3.71. The first-order valence-corrected chi connectivity index (χ1v) is 7.70. The fraction of sp³-hybridized carbons (Fsp3) is 0.158. The van der Waals surface area contributed by atoms with Crippen molar-refractivity contribution in [3.05, 3.63) is 65.9 Å². The van der Waals surface area contributed by atoms with Crippen molar-refractivity contribution in [1.82, 2.24) is 10.2 Å². The second-order valence-corrected chi connectivity index (χ2v) is 5.55. The largest absolute Gasteiger partial charge is 0.496 e. The van der Waals surface area contributed by atoms with Crippen molar-refractivity contribution >= 4 is 11.6 Å². The molecule has 24 heavy (non-hydrogen) atoms. The van der Waals surface area contributed by atoms with Crippen LogP contribution in [0.2, 0.25) is 0 Å². The van der Waals surface area contributed by atoms with Crippen LogP contribution in [0, 0.1) is 6.92 Å². The van der Waals surface area contributed by atoms with Crippen molar-refractivity contribution in [2.45, 2.75) is 13.3 Å². The van der Waals surface area contributed by atoms with Crippen LogP contribution in [0.25, 0.3) is 11.3 Å². The lowest BCUT2D eigenvalue weighted by Crippen LogP contribution is -2.14. The molecule has 0 bridgehead atoms. The van der Waals surface area contributed by atoms with E-state index in [-0.39, 0.29) is 12.3 Å². The lowest BCUT2D eigenvalue weighted by atomic mass is 10.1. The molecule has 5 heteroatoms. The van der Waals surface area contributed by atoms with Gasteiger partial charge in [0.15, 0.2) is 0 Å². The van der Waals surface area contributed by atoms with Crippen LogP contribution < -0.4 is 10.1 Å². The summed E-state index contributed by atoms with van der Waals surface area (Å²) >= 11 is 0. The van der Waals surface area contributed by atoms with E-state index in [0.717, 1.165) is 34.0 Å². The first-order valence-electron chi connectivity index (χ1n) is 7.70. The minimum Gasteiger partial charge on any atom is -0.496 e. The Morgan fingerprint density at radius 2 is 1.92 bits per heavy atom. The van der Waals surface area contributed by atoms with E-state index in [1.165, 1.54) is 0 Å². The number of nitrogens with zero attached hydrogens (tertiary/aromatic N) is 1. The molecular formula is C19H19N3O2. The molecule has 5 nitrogen and oxygen atoms in total. The number of ether oxygens (including phenoxy) is 1. The molecule has 1 heterocycles. The molecule has 122 valence electrons. The topological polar surface area (TPSA) is 67.0 Å².